The van der Waals surface area contributed by atoms with Gasteiger partial charge < -0.3 is 15.3 Å². The van der Waals surface area contributed by atoms with Crippen LogP contribution in [0, 0.1) is 5.92 Å². The average Bonchev–Trinajstić information content (AvgIpc) is 1.83. The summed E-state index contributed by atoms with van der Waals surface area (Å²) >= 11 is 0. The lowest BCUT2D eigenvalue weighted by Crippen LogP contribution is -2.41. The Morgan fingerprint density at radius 3 is 1.83 bits per heavy atom. The van der Waals surface area contributed by atoms with Crippen LogP contribution in [0.2, 0.25) is 0 Å². The Bertz CT molecular complexity index is 155. The number of halogens is 2. The van der Waals surface area contributed by atoms with Gasteiger partial charge in [0.2, 0.25) is 5.92 Å². The van der Waals surface area contributed by atoms with Gasteiger partial charge in [0.1, 0.15) is 0 Å². The van der Waals surface area contributed by atoms with Crippen LogP contribution in [0.1, 0.15) is 25.7 Å². The summed E-state index contributed by atoms with van der Waals surface area (Å²) in [6, 6.07) is 0. The first kappa shape index (κ1) is 9.83. The van der Waals surface area contributed by atoms with Gasteiger partial charge in [0.05, 0.1) is 0 Å². The van der Waals surface area contributed by atoms with E-state index in [9.17, 15) is 8.78 Å². The topological polar surface area (TPSA) is 60.7 Å². The molecule has 1 rings (SSSR count). The monoisotopic (exact) mass is 182 g/mol. The number of alkyl halides is 2. The molecule has 0 spiro atoms. The van der Waals surface area contributed by atoms with Crippen molar-refractivity contribution >= 4 is 0 Å². The SMILES string of the molecule is OC(O)(O)C1CCC(F)(F)CC1. The van der Waals surface area contributed by atoms with Gasteiger partial charge >= 0.3 is 0 Å². The Kier molecular flexibility index (Phi) is 2.38. The third-order valence-corrected chi connectivity index (χ3v) is 2.26. The zero-order valence-electron chi connectivity index (χ0n) is 6.50. The minimum absolute atomic E-state index is 0.0590. The van der Waals surface area contributed by atoms with Gasteiger partial charge in [-0.3, -0.25) is 0 Å². The highest BCUT2D eigenvalue weighted by Crippen LogP contribution is 2.38. The van der Waals surface area contributed by atoms with Crippen molar-refractivity contribution in [2.75, 3.05) is 0 Å². The van der Waals surface area contributed by atoms with Crippen LogP contribution in [0.5, 0.6) is 0 Å². The van der Waals surface area contributed by atoms with Crippen molar-refractivity contribution in [3.8, 4) is 0 Å². The van der Waals surface area contributed by atoms with E-state index in [2.05, 4.69) is 0 Å². The quantitative estimate of drug-likeness (QED) is 0.516. The van der Waals surface area contributed by atoms with Crippen molar-refractivity contribution in [3.05, 3.63) is 0 Å². The third kappa shape index (κ3) is 2.36. The maximum Gasteiger partial charge on any atom is 0.278 e. The lowest BCUT2D eigenvalue weighted by Gasteiger charge is -2.32. The van der Waals surface area contributed by atoms with Crippen molar-refractivity contribution in [2.45, 2.75) is 37.6 Å². The van der Waals surface area contributed by atoms with Crippen molar-refractivity contribution in [1.29, 1.82) is 0 Å². The Labute approximate surface area is 68.6 Å². The fourth-order valence-corrected chi connectivity index (χ4v) is 1.43. The van der Waals surface area contributed by atoms with Crippen LogP contribution in [-0.2, 0) is 0 Å². The van der Waals surface area contributed by atoms with Gasteiger partial charge in [-0.1, -0.05) is 0 Å². The molecule has 72 valence electrons. The molecule has 0 unspecified atom stereocenters. The average molecular weight is 182 g/mol. The van der Waals surface area contributed by atoms with E-state index in [1.165, 1.54) is 0 Å². The molecule has 1 aliphatic rings. The predicted octanol–water partition coefficient (Wildman–Crippen LogP) is 0.443. The number of rotatable bonds is 1. The summed E-state index contributed by atoms with van der Waals surface area (Å²) < 4.78 is 25.0. The summed E-state index contributed by atoms with van der Waals surface area (Å²) in [5.41, 5.74) is 0. The molecule has 5 heteroatoms. The molecule has 1 fully saturated rings. The minimum Gasteiger partial charge on any atom is -0.343 e. The molecular weight excluding hydrogens is 170 g/mol. The van der Waals surface area contributed by atoms with E-state index in [1.54, 1.807) is 0 Å². The van der Waals surface area contributed by atoms with E-state index in [4.69, 9.17) is 15.3 Å². The molecular formula is C7H12F2O3. The van der Waals surface area contributed by atoms with E-state index in [1.807, 2.05) is 0 Å². The van der Waals surface area contributed by atoms with E-state index in [-0.39, 0.29) is 25.7 Å². The first-order valence-electron chi connectivity index (χ1n) is 3.86. The maximum absolute atomic E-state index is 12.5. The summed E-state index contributed by atoms with van der Waals surface area (Å²) in [4.78, 5) is 0. The van der Waals surface area contributed by atoms with Crippen LogP contribution < -0.4 is 0 Å². The summed E-state index contributed by atoms with van der Waals surface area (Å²) in [5.74, 6) is -6.35. The molecule has 0 bridgehead atoms. The molecule has 0 atom stereocenters. The van der Waals surface area contributed by atoms with Crippen LogP contribution in [-0.4, -0.2) is 27.2 Å². The summed E-state index contributed by atoms with van der Waals surface area (Å²) in [6.07, 6.45) is -0.894. The minimum atomic E-state index is -2.80. The number of hydrogen-bond acceptors (Lipinski definition) is 3. The summed E-state index contributed by atoms with van der Waals surface area (Å²) in [7, 11) is 0. The Hall–Kier alpha value is -0.260. The molecule has 1 saturated carbocycles. The fraction of sp³-hybridized carbons (Fsp3) is 1.00. The lowest BCUT2D eigenvalue weighted by molar-refractivity contribution is -0.349. The van der Waals surface area contributed by atoms with Gasteiger partial charge in [0, 0.05) is 18.8 Å². The standard InChI is InChI=1S/C7H12F2O3/c8-6(9)3-1-5(2-4-6)7(10,11)12/h5,10-12H,1-4H2. The van der Waals surface area contributed by atoms with Gasteiger partial charge in [-0.2, -0.15) is 0 Å². The van der Waals surface area contributed by atoms with E-state index in [0.717, 1.165) is 0 Å². The highest BCUT2D eigenvalue weighted by molar-refractivity contribution is 4.80. The number of hydrogen-bond donors (Lipinski definition) is 3. The normalized spacial score (nSPS) is 25.8. The molecule has 0 saturated heterocycles. The summed E-state index contributed by atoms with van der Waals surface area (Å²) in [6.45, 7) is 0. The molecule has 0 aliphatic heterocycles. The largest absolute Gasteiger partial charge is 0.343 e. The molecule has 3 N–H and O–H groups in total. The molecule has 0 heterocycles. The van der Waals surface area contributed by atoms with Crippen molar-refractivity contribution in [1.82, 2.24) is 0 Å². The van der Waals surface area contributed by atoms with Crippen molar-refractivity contribution in [2.24, 2.45) is 5.92 Å². The number of aliphatic hydroxyl groups is 3. The van der Waals surface area contributed by atoms with Gasteiger partial charge in [0.15, 0.2) is 0 Å². The lowest BCUT2D eigenvalue weighted by atomic mass is 9.85. The third-order valence-electron chi connectivity index (χ3n) is 2.26. The van der Waals surface area contributed by atoms with Crippen LogP contribution in [0.15, 0.2) is 0 Å². The highest BCUT2D eigenvalue weighted by atomic mass is 19.3. The van der Waals surface area contributed by atoms with Crippen LogP contribution >= 0.6 is 0 Å². The van der Waals surface area contributed by atoms with Gasteiger partial charge in [-0.25, -0.2) is 8.78 Å². The molecule has 12 heavy (non-hydrogen) atoms. The molecule has 0 aromatic heterocycles. The van der Waals surface area contributed by atoms with E-state index in [0.29, 0.717) is 0 Å². The van der Waals surface area contributed by atoms with E-state index < -0.39 is 17.8 Å². The fourth-order valence-electron chi connectivity index (χ4n) is 1.43. The van der Waals surface area contributed by atoms with Crippen molar-refractivity contribution < 1.29 is 24.1 Å². The second-order valence-corrected chi connectivity index (χ2v) is 3.32. The molecule has 3 nitrogen and oxygen atoms in total. The highest BCUT2D eigenvalue weighted by Gasteiger charge is 2.42. The van der Waals surface area contributed by atoms with Gasteiger partial charge in [-0.05, 0) is 12.8 Å². The molecule has 0 amide bonds. The van der Waals surface area contributed by atoms with Crippen LogP contribution in [0.4, 0.5) is 8.78 Å². The predicted molar refractivity (Wildman–Crippen MR) is 36.3 cm³/mol. The zero-order valence-corrected chi connectivity index (χ0v) is 6.50. The Morgan fingerprint density at radius 1 is 1.08 bits per heavy atom. The van der Waals surface area contributed by atoms with Gasteiger partial charge in [-0.15, -0.1) is 0 Å². The zero-order chi connectivity index (χ0) is 9.41. The summed E-state index contributed by atoms with van der Waals surface area (Å²) in [5, 5.41) is 26.0. The first-order chi connectivity index (χ1) is 5.31. The molecule has 1 aliphatic carbocycles. The van der Waals surface area contributed by atoms with Crippen molar-refractivity contribution in [3.63, 3.8) is 0 Å². The van der Waals surface area contributed by atoms with Gasteiger partial charge in [0.25, 0.3) is 5.97 Å². The first-order valence-corrected chi connectivity index (χ1v) is 3.86. The van der Waals surface area contributed by atoms with E-state index >= 15 is 0 Å². The molecule has 0 radical (unpaired) electrons. The maximum atomic E-state index is 12.5. The second kappa shape index (κ2) is 2.90. The van der Waals surface area contributed by atoms with Crippen LogP contribution in [0.3, 0.4) is 0 Å². The van der Waals surface area contributed by atoms with Crippen LogP contribution in [0.25, 0.3) is 0 Å². The Morgan fingerprint density at radius 2 is 1.50 bits per heavy atom. The second-order valence-electron chi connectivity index (χ2n) is 3.32. The molecule has 0 aromatic rings. The Balaban J connectivity index is 2.47. The smallest absolute Gasteiger partial charge is 0.278 e. The molecule has 0 aromatic carbocycles.